The van der Waals surface area contributed by atoms with E-state index in [2.05, 4.69) is 39.0 Å². The van der Waals surface area contributed by atoms with Crippen LogP contribution in [0.1, 0.15) is 32.1 Å². The minimum Gasteiger partial charge on any atom is -0.103 e. The molecule has 0 aromatic rings. The zero-order valence-electron chi connectivity index (χ0n) is 12.5. The Morgan fingerprint density at radius 3 is 1.75 bits per heavy atom. The van der Waals surface area contributed by atoms with Gasteiger partial charge in [-0.15, -0.1) is 32.9 Å². The molecular formula is C20H26. The maximum atomic E-state index is 3.94. The maximum Gasteiger partial charge on any atom is 0.0174 e. The number of hydrogen-bond donors (Lipinski definition) is 0. The third kappa shape index (κ3) is 3.19. The number of rotatable bonds is 10. The van der Waals surface area contributed by atoms with Gasteiger partial charge in [-0.3, -0.25) is 0 Å². The van der Waals surface area contributed by atoms with Gasteiger partial charge >= 0.3 is 0 Å². The van der Waals surface area contributed by atoms with Gasteiger partial charge in [0.15, 0.2) is 0 Å². The Hall–Kier alpha value is -1.82. The van der Waals surface area contributed by atoms with Crippen LogP contribution in [0.15, 0.2) is 86.1 Å². The van der Waals surface area contributed by atoms with Crippen LogP contribution in [0.5, 0.6) is 0 Å². The molecule has 0 radical (unpaired) electrons. The topological polar surface area (TPSA) is 0 Å². The van der Waals surface area contributed by atoms with E-state index in [1.54, 1.807) is 0 Å². The highest BCUT2D eigenvalue weighted by molar-refractivity contribution is 5.51. The molecule has 0 heterocycles. The quantitative estimate of drug-likeness (QED) is 0.420. The minimum absolute atomic E-state index is 0.0222. The summed E-state index contributed by atoms with van der Waals surface area (Å²) in [5.74, 6) is 0. The standard InChI is InChI=1S/C20H26/c1-6-11-17-16-20(14-9-4,15-10-5)19(13-8-3)18(17)12-7-2/h6-10,16H,1-5,11-15H2. The Morgan fingerprint density at radius 1 is 0.750 bits per heavy atom. The summed E-state index contributed by atoms with van der Waals surface area (Å²) in [5, 5.41) is 0. The Morgan fingerprint density at radius 2 is 1.30 bits per heavy atom. The van der Waals surface area contributed by atoms with Gasteiger partial charge in [0.1, 0.15) is 0 Å². The molecule has 1 aliphatic rings. The van der Waals surface area contributed by atoms with E-state index in [-0.39, 0.29) is 5.41 Å². The van der Waals surface area contributed by atoms with Gasteiger partial charge in [-0.25, -0.2) is 0 Å². The summed E-state index contributed by atoms with van der Waals surface area (Å²) in [5.41, 5.74) is 4.25. The molecule has 0 unspecified atom stereocenters. The first-order valence-electron chi connectivity index (χ1n) is 7.18. The zero-order chi connectivity index (χ0) is 15.0. The summed E-state index contributed by atoms with van der Waals surface area (Å²) in [4.78, 5) is 0. The third-order valence-electron chi connectivity index (χ3n) is 3.88. The van der Waals surface area contributed by atoms with Gasteiger partial charge in [-0.05, 0) is 43.3 Å². The van der Waals surface area contributed by atoms with Gasteiger partial charge in [0.25, 0.3) is 0 Å². The summed E-state index contributed by atoms with van der Waals surface area (Å²) < 4.78 is 0. The number of allylic oxidation sites excluding steroid dienone is 9. The molecule has 0 N–H and O–H groups in total. The molecule has 1 aliphatic carbocycles. The highest BCUT2D eigenvalue weighted by Crippen LogP contribution is 2.50. The van der Waals surface area contributed by atoms with Gasteiger partial charge in [-0.1, -0.05) is 42.0 Å². The molecule has 0 nitrogen and oxygen atoms in total. The van der Waals surface area contributed by atoms with E-state index in [0.717, 1.165) is 32.1 Å². The maximum absolute atomic E-state index is 3.94. The fourth-order valence-corrected chi connectivity index (χ4v) is 3.17. The van der Waals surface area contributed by atoms with Crippen molar-refractivity contribution in [3.05, 3.63) is 86.1 Å². The molecule has 0 fully saturated rings. The fraction of sp³-hybridized carbons (Fsp3) is 0.300. The molecule has 0 spiro atoms. The second-order valence-electron chi connectivity index (χ2n) is 5.25. The van der Waals surface area contributed by atoms with Crippen LogP contribution in [0.4, 0.5) is 0 Å². The van der Waals surface area contributed by atoms with E-state index in [1.807, 2.05) is 30.4 Å². The van der Waals surface area contributed by atoms with Gasteiger partial charge in [-0.2, -0.15) is 0 Å². The molecule has 0 heteroatoms. The Bertz CT molecular complexity index is 458. The summed E-state index contributed by atoms with van der Waals surface area (Å²) in [7, 11) is 0. The molecule has 20 heavy (non-hydrogen) atoms. The molecule has 106 valence electrons. The van der Waals surface area contributed by atoms with Crippen molar-refractivity contribution in [3.63, 3.8) is 0 Å². The molecule has 0 aromatic carbocycles. The lowest BCUT2D eigenvalue weighted by Gasteiger charge is -2.29. The highest BCUT2D eigenvalue weighted by Gasteiger charge is 2.36. The summed E-state index contributed by atoms with van der Waals surface area (Å²) in [6, 6.07) is 0. The Labute approximate surface area is 124 Å². The van der Waals surface area contributed by atoms with Crippen LogP contribution in [0, 0.1) is 5.41 Å². The van der Waals surface area contributed by atoms with E-state index >= 15 is 0 Å². The van der Waals surface area contributed by atoms with Crippen molar-refractivity contribution in [2.75, 3.05) is 0 Å². The first-order chi connectivity index (χ1) is 9.68. The van der Waals surface area contributed by atoms with Gasteiger partial charge in [0, 0.05) is 5.41 Å². The Kier molecular flexibility index (Phi) is 6.24. The van der Waals surface area contributed by atoms with E-state index in [9.17, 15) is 0 Å². The van der Waals surface area contributed by atoms with Crippen molar-refractivity contribution in [1.29, 1.82) is 0 Å². The van der Waals surface area contributed by atoms with Gasteiger partial charge in [0.2, 0.25) is 0 Å². The van der Waals surface area contributed by atoms with Crippen molar-refractivity contribution in [2.24, 2.45) is 5.41 Å². The Balaban J connectivity index is 3.41. The van der Waals surface area contributed by atoms with Crippen LogP contribution in [0.3, 0.4) is 0 Å². The second kappa shape index (κ2) is 7.69. The average Bonchev–Trinajstić information content (AvgIpc) is 2.67. The summed E-state index contributed by atoms with van der Waals surface area (Å²) >= 11 is 0. The predicted molar refractivity (Wildman–Crippen MR) is 91.6 cm³/mol. The first-order valence-corrected chi connectivity index (χ1v) is 7.18. The predicted octanol–water partition coefficient (Wildman–Crippen LogP) is 6.09. The monoisotopic (exact) mass is 266 g/mol. The summed E-state index contributed by atoms with van der Waals surface area (Å²) in [6.45, 7) is 19.6. The van der Waals surface area contributed by atoms with Crippen molar-refractivity contribution in [2.45, 2.75) is 32.1 Å². The molecule has 0 saturated carbocycles. The van der Waals surface area contributed by atoms with Gasteiger partial charge < -0.3 is 0 Å². The lowest BCUT2D eigenvalue weighted by Crippen LogP contribution is -2.17. The van der Waals surface area contributed by atoms with Crippen LogP contribution in [-0.2, 0) is 0 Å². The number of hydrogen-bond acceptors (Lipinski definition) is 0. The van der Waals surface area contributed by atoms with Crippen LogP contribution in [0.2, 0.25) is 0 Å². The molecule has 0 amide bonds. The SMILES string of the molecule is C=CCC1=CC(CC=C)(CC=C)C(CC=C)=C1CC=C. The van der Waals surface area contributed by atoms with Crippen molar-refractivity contribution >= 4 is 0 Å². The van der Waals surface area contributed by atoms with E-state index in [0.29, 0.717) is 0 Å². The fourth-order valence-electron chi connectivity index (χ4n) is 3.17. The van der Waals surface area contributed by atoms with Crippen LogP contribution >= 0.6 is 0 Å². The molecule has 1 rings (SSSR count). The van der Waals surface area contributed by atoms with E-state index in [4.69, 9.17) is 0 Å². The average molecular weight is 266 g/mol. The third-order valence-corrected chi connectivity index (χ3v) is 3.88. The van der Waals surface area contributed by atoms with Crippen LogP contribution < -0.4 is 0 Å². The van der Waals surface area contributed by atoms with E-state index < -0.39 is 0 Å². The van der Waals surface area contributed by atoms with Crippen molar-refractivity contribution in [3.8, 4) is 0 Å². The molecular weight excluding hydrogens is 240 g/mol. The lowest BCUT2D eigenvalue weighted by molar-refractivity contribution is 0.470. The van der Waals surface area contributed by atoms with Crippen molar-refractivity contribution < 1.29 is 0 Å². The smallest absolute Gasteiger partial charge is 0.0174 e. The lowest BCUT2D eigenvalue weighted by atomic mass is 9.74. The molecule has 0 aliphatic heterocycles. The normalized spacial score (nSPS) is 16.5. The highest BCUT2D eigenvalue weighted by atomic mass is 14.4. The van der Waals surface area contributed by atoms with Crippen LogP contribution in [0.25, 0.3) is 0 Å². The minimum atomic E-state index is 0.0222. The van der Waals surface area contributed by atoms with Crippen molar-refractivity contribution in [1.82, 2.24) is 0 Å². The second-order valence-corrected chi connectivity index (χ2v) is 5.25. The molecule has 0 bridgehead atoms. The first kappa shape index (κ1) is 16.2. The zero-order valence-corrected chi connectivity index (χ0v) is 12.5. The molecule has 0 aromatic heterocycles. The van der Waals surface area contributed by atoms with Crippen LogP contribution in [-0.4, -0.2) is 0 Å². The van der Waals surface area contributed by atoms with E-state index in [1.165, 1.54) is 16.7 Å². The largest absolute Gasteiger partial charge is 0.103 e. The molecule has 0 atom stereocenters. The van der Waals surface area contributed by atoms with Gasteiger partial charge in [0.05, 0.1) is 0 Å². The summed E-state index contributed by atoms with van der Waals surface area (Å²) in [6.07, 6.45) is 16.9. The molecule has 0 saturated heterocycles.